The molecule has 0 aliphatic carbocycles. The number of aromatic nitrogens is 5. The average Bonchev–Trinajstić information content (AvgIpc) is 3.32. The number of piperidine rings is 1. The molecule has 0 unspecified atom stereocenters. The summed E-state index contributed by atoms with van der Waals surface area (Å²) >= 11 is 6.01. The van der Waals surface area contributed by atoms with Crippen LogP contribution in [0.15, 0.2) is 58.2 Å². The van der Waals surface area contributed by atoms with Crippen LogP contribution in [0.1, 0.15) is 40.5 Å². The maximum Gasteiger partial charge on any atom is 0.337 e. The molecule has 0 amide bonds. The van der Waals surface area contributed by atoms with Gasteiger partial charge < -0.3 is 9.72 Å². The van der Waals surface area contributed by atoms with E-state index in [0.29, 0.717) is 41.4 Å². The van der Waals surface area contributed by atoms with E-state index >= 15 is 0 Å². The zero-order chi connectivity index (χ0) is 26.2. The van der Waals surface area contributed by atoms with Crippen LogP contribution in [0.4, 0.5) is 0 Å². The van der Waals surface area contributed by atoms with Gasteiger partial charge in [0.05, 0.1) is 24.1 Å². The van der Waals surface area contributed by atoms with E-state index in [1.165, 1.54) is 28.2 Å². The second-order valence-electron chi connectivity index (χ2n) is 8.72. The molecular weight excluding hydrogens is 520 g/mol. The van der Waals surface area contributed by atoms with Gasteiger partial charge in [-0.3, -0.25) is 4.79 Å². The summed E-state index contributed by atoms with van der Waals surface area (Å²) in [5.74, 6) is -0.370. The Hall–Kier alpha value is -3.61. The molecule has 0 spiro atoms. The molecule has 0 bridgehead atoms. The maximum atomic E-state index is 13.2. The van der Waals surface area contributed by atoms with Gasteiger partial charge >= 0.3 is 5.97 Å². The predicted molar refractivity (Wildman–Crippen MR) is 135 cm³/mol. The first-order valence-electron chi connectivity index (χ1n) is 11.5. The molecule has 11 nitrogen and oxygen atoms in total. The minimum atomic E-state index is -3.76. The van der Waals surface area contributed by atoms with Crippen molar-refractivity contribution in [2.24, 2.45) is 0 Å². The van der Waals surface area contributed by atoms with E-state index in [1.54, 1.807) is 36.4 Å². The van der Waals surface area contributed by atoms with E-state index in [4.69, 9.17) is 16.3 Å². The summed E-state index contributed by atoms with van der Waals surface area (Å²) in [7, 11) is -2.45. The van der Waals surface area contributed by atoms with Crippen molar-refractivity contribution < 1.29 is 17.9 Å². The van der Waals surface area contributed by atoms with Crippen molar-refractivity contribution in [2.75, 3.05) is 20.2 Å². The van der Waals surface area contributed by atoms with Crippen molar-refractivity contribution in [1.82, 2.24) is 29.3 Å². The number of H-pyrrole nitrogens is 1. The molecule has 0 saturated carbocycles. The highest BCUT2D eigenvalue weighted by Crippen LogP contribution is 2.29. The lowest BCUT2D eigenvalue weighted by Gasteiger charge is -2.31. The lowest BCUT2D eigenvalue weighted by Crippen LogP contribution is -2.39. The van der Waals surface area contributed by atoms with Gasteiger partial charge in [0.15, 0.2) is 11.2 Å². The minimum Gasteiger partial charge on any atom is -0.465 e. The van der Waals surface area contributed by atoms with Gasteiger partial charge in [0, 0.05) is 24.0 Å². The number of aromatic amines is 1. The number of ether oxygens (including phenoxy) is 1. The number of halogens is 1. The standard InChI is InChI=1S/C24H23ClN6O5S/c1-36-24(33)16-9-7-15(8-10-16)13-31-22-20(28-29-31)23(32)27-21(26-22)17-4-3-11-30(14-17)37(34,35)19-6-2-5-18(25)12-19/h2,5-10,12,17H,3-4,11,13-14H2,1H3,(H,26,27,32)/t17-/m0/s1. The first-order chi connectivity index (χ1) is 17.8. The molecule has 1 N–H and O–H groups in total. The van der Waals surface area contributed by atoms with Crippen molar-refractivity contribution >= 4 is 38.8 Å². The number of nitrogens with zero attached hydrogens (tertiary/aromatic N) is 5. The van der Waals surface area contributed by atoms with E-state index in [0.717, 1.165) is 5.56 Å². The molecule has 192 valence electrons. The first kappa shape index (κ1) is 25.1. The molecule has 1 saturated heterocycles. The molecule has 2 aromatic carbocycles. The Morgan fingerprint density at radius 2 is 2.00 bits per heavy atom. The lowest BCUT2D eigenvalue weighted by atomic mass is 9.99. The van der Waals surface area contributed by atoms with Crippen LogP contribution in [-0.2, 0) is 21.3 Å². The molecular formula is C24H23ClN6O5S. The molecule has 2 aromatic heterocycles. The quantitative estimate of drug-likeness (QED) is 0.367. The van der Waals surface area contributed by atoms with Crippen LogP contribution >= 0.6 is 11.6 Å². The fourth-order valence-corrected chi connectivity index (χ4v) is 6.21. The Balaban J connectivity index is 1.42. The molecule has 1 atom stereocenters. The van der Waals surface area contributed by atoms with E-state index in [2.05, 4.69) is 20.3 Å². The van der Waals surface area contributed by atoms with Gasteiger partial charge in [0.2, 0.25) is 10.0 Å². The third-order valence-electron chi connectivity index (χ3n) is 6.30. The smallest absolute Gasteiger partial charge is 0.337 e. The van der Waals surface area contributed by atoms with Crippen LogP contribution in [0.5, 0.6) is 0 Å². The number of hydrogen-bond acceptors (Lipinski definition) is 8. The molecule has 4 aromatic rings. The van der Waals surface area contributed by atoms with Crippen molar-refractivity contribution in [3.63, 3.8) is 0 Å². The van der Waals surface area contributed by atoms with Gasteiger partial charge in [0.25, 0.3) is 5.56 Å². The Morgan fingerprint density at radius 3 is 2.73 bits per heavy atom. The van der Waals surface area contributed by atoms with Gasteiger partial charge in [-0.2, -0.15) is 4.31 Å². The zero-order valence-corrected chi connectivity index (χ0v) is 21.4. The van der Waals surface area contributed by atoms with E-state index in [1.807, 2.05) is 0 Å². The van der Waals surface area contributed by atoms with Gasteiger partial charge in [-0.25, -0.2) is 22.9 Å². The number of fused-ring (bicyclic) bond motifs is 1. The van der Waals surface area contributed by atoms with Crippen molar-refractivity contribution in [1.29, 1.82) is 0 Å². The molecule has 0 radical (unpaired) electrons. The number of rotatable bonds is 6. The van der Waals surface area contributed by atoms with Crippen molar-refractivity contribution in [3.8, 4) is 0 Å². The van der Waals surface area contributed by atoms with Gasteiger partial charge in [-0.05, 0) is 48.7 Å². The number of benzene rings is 2. The summed E-state index contributed by atoms with van der Waals surface area (Å²) in [5.41, 5.74) is 1.18. The van der Waals surface area contributed by atoms with E-state index in [-0.39, 0.29) is 29.4 Å². The molecule has 1 aliphatic heterocycles. The largest absolute Gasteiger partial charge is 0.465 e. The fraction of sp³-hybridized carbons (Fsp3) is 0.292. The van der Waals surface area contributed by atoms with E-state index in [9.17, 15) is 18.0 Å². The summed E-state index contributed by atoms with van der Waals surface area (Å²) in [6.07, 6.45) is 1.27. The normalized spacial score (nSPS) is 16.6. The second-order valence-corrected chi connectivity index (χ2v) is 11.1. The Morgan fingerprint density at radius 1 is 1.22 bits per heavy atom. The van der Waals surface area contributed by atoms with Gasteiger partial charge in [-0.1, -0.05) is 35.0 Å². The highest BCUT2D eigenvalue weighted by molar-refractivity contribution is 7.89. The number of carbonyl (C=O) groups is 1. The number of hydrogen-bond donors (Lipinski definition) is 1. The monoisotopic (exact) mass is 542 g/mol. The number of sulfonamides is 1. The average molecular weight is 543 g/mol. The summed E-state index contributed by atoms with van der Waals surface area (Å²) in [4.78, 5) is 32.0. The Bertz CT molecular complexity index is 1630. The van der Waals surface area contributed by atoms with Crippen LogP contribution in [0.2, 0.25) is 5.02 Å². The molecule has 3 heterocycles. The highest BCUT2D eigenvalue weighted by Gasteiger charge is 2.32. The van der Waals surface area contributed by atoms with Crippen molar-refractivity contribution in [2.45, 2.75) is 30.2 Å². The first-order valence-corrected chi connectivity index (χ1v) is 13.3. The summed E-state index contributed by atoms with van der Waals surface area (Å²) in [6, 6.07) is 13.0. The minimum absolute atomic E-state index is 0.0918. The second kappa shape index (κ2) is 10.0. The molecule has 1 aliphatic rings. The van der Waals surface area contributed by atoms with Crippen LogP contribution < -0.4 is 5.56 Å². The molecule has 37 heavy (non-hydrogen) atoms. The number of methoxy groups -OCH3 is 1. The Labute approximate surface area is 217 Å². The highest BCUT2D eigenvalue weighted by atomic mass is 35.5. The summed E-state index contributed by atoms with van der Waals surface area (Å²) in [5, 5.41) is 8.40. The van der Waals surface area contributed by atoms with Gasteiger partial charge in [0.1, 0.15) is 5.82 Å². The molecule has 5 rings (SSSR count). The summed E-state index contributed by atoms with van der Waals surface area (Å²) < 4.78 is 34.1. The van der Waals surface area contributed by atoms with Crippen LogP contribution in [-0.4, -0.2) is 63.9 Å². The summed E-state index contributed by atoms with van der Waals surface area (Å²) in [6.45, 7) is 0.798. The fourth-order valence-electron chi connectivity index (χ4n) is 4.38. The topological polar surface area (TPSA) is 140 Å². The SMILES string of the molecule is COC(=O)c1ccc(Cn2nnc3c(=O)[nH]c([C@H]4CCCN(S(=O)(=O)c5cccc(Cl)c5)C4)nc32)cc1. The van der Waals surface area contributed by atoms with E-state index < -0.39 is 21.6 Å². The van der Waals surface area contributed by atoms with Crippen molar-refractivity contribution in [3.05, 3.63) is 80.9 Å². The third-order valence-corrected chi connectivity index (χ3v) is 8.40. The van der Waals surface area contributed by atoms with Crippen LogP contribution in [0.3, 0.4) is 0 Å². The number of nitrogens with one attached hydrogen (secondary N) is 1. The third kappa shape index (κ3) is 4.99. The molecule has 13 heteroatoms. The van der Waals surface area contributed by atoms with Gasteiger partial charge in [-0.15, -0.1) is 5.10 Å². The lowest BCUT2D eigenvalue weighted by molar-refractivity contribution is 0.0600. The number of carbonyl (C=O) groups excluding carboxylic acids is 1. The number of esters is 1. The molecule has 1 fully saturated rings. The zero-order valence-electron chi connectivity index (χ0n) is 19.8. The predicted octanol–water partition coefficient (Wildman–Crippen LogP) is 2.57. The van der Waals surface area contributed by atoms with Crippen LogP contribution in [0.25, 0.3) is 11.2 Å². The van der Waals surface area contributed by atoms with Crippen LogP contribution in [0, 0.1) is 0 Å². The maximum absolute atomic E-state index is 13.2. The Kier molecular flexibility index (Phi) is 6.80.